The molecule has 21 heavy (non-hydrogen) atoms. The zero-order chi connectivity index (χ0) is 14.8. The Kier molecular flexibility index (Phi) is 5.45. The topological polar surface area (TPSA) is 96.9 Å². The number of nitrogens with one attached hydrogen (secondary N) is 2. The first-order chi connectivity index (χ1) is 9.41. The lowest BCUT2D eigenvalue weighted by atomic mass is 10.3. The fourth-order valence-electron chi connectivity index (χ4n) is 1.52. The van der Waals surface area contributed by atoms with Gasteiger partial charge in [-0.15, -0.1) is 12.4 Å². The summed E-state index contributed by atoms with van der Waals surface area (Å²) >= 11 is 0. The summed E-state index contributed by atoms with van der Waals surface area (Å²) in [5.41, 5.74) is 5.37. The first kappa shape index (κ1) is 17.1. The minimum Gasteiger partial charge on any atom is -0.460 e. The normalized spacial score (nSPS) is 11.0. The van der Waals surface area contributed by atoms with Gasteiger partial charge in [0.25, 0.3) is 11.8 Å². The van der Waals surface area contributed by atoms with Gasteiger partial charge in [-0.2, -0.15) is 5.10 Å². The Labute approximate surface area is 125 Å². The third kappa shape index (κ3) is 4.27. The van der Waals surface area contributed by atoms with E-state index in [9.17, 15) is 13.6 Å². The van der Waals surface area contributed by atoms with Crippen LogP contribution in [-0.4, -0.2) is 35.1 Å². The number of aromatic nitrogens is 2. The highest BCUT2D eigenvalue weighted by molar-refractivity contribution is 5.93. The van der Waals surface area contributed by atoms with E-state index < -0.39 is 24.9 Å². The van der Waals surface area contributed by atoms with Gasteiger partial charge in [0.05, 0.1) is 13.1 Å². The molecule has 0 saturated heterocycles. The molecule has 1 amide bonds. The number of amides is 1. The summed E-state index contributed by atoms with van der Waals surface area (Å²) in [6.45, 7) is 0.123. The zero-order valence-electron chi connectivity index (χ0n) is 11.2. The molecule has 0 fully saturated rings. The average Bonchev–Trinajstić information content (AvgIpc) is 3.04. The van der Waals surface area contributed by atoms with Crippen molar-refractivity contribution in [3.05, 3.63) is 29.7 Å². The molecule has 9 heteroatoms. The molecule has 0 aromatic carbocycles. The van der Waals surface area contributed by atoms with E-state index in [1.54, 1.807) is 19.1 Å². The van der Waals surface area contributed by atoms with Gasteiger partial charge < -0.3 is 15.5 Å². The number of hydrogen-bond donors (Lipinski definition) is 3. The molecule has 2 rings (SSSR count). The van der Waals surface area contributed by atoms with Gasteiger partial charge in [-0.25, -0.2) is 8.78 Å². The van der Waals surface area contributed by atoms with Crippen LogP contribution in [0.2, 0.25) is 0 Å². The van der Waals surface area contributed by atoms with Crippen LogP contribution in [-0.2, 0) is 0 Å². The summed E-state index contributed by atoms with van der Waals surface area (Å²) in [5.74, 6) is -2.61. The largest absolute Gasteiger partial charge is 0.460 e. The van der Waals surface area contributed by atoms with E-state index in [0.29, 0.717) is 17.2 Å². The number of hydrogen-bond acceptors (Lipinski definition) is 4. The molecule has 0 aliphatic rings. The maximum Gasteiger partial charge on any atom is 0.277 e. The predicted molar refractivity (Wildman–Crippen MR) is 74.6 cm³/mol. The molecule has 2 aromatic heterocycles. The van der Waals surface area contributed by atoms with Crippen molar-refractivity contribution >= 4 is 18.3 Å². The summed E-state index contributed by atoms with van der Waals surface area (Å²) in [6, 6.07) is 4.90. The number of alkyl halides is 2. The number of H-pyrrole nitrogens is 1. The molecule has 4 N–H and O–H groups in total. The maximum absolute atomic E-state index is 12.9. The van der Waals surface area contributed by atoms with Gasteiger partial charge in [0.1, 0.15) is 11.5 Å². The first-order valence-corrected chi connectivity index (χ1v) is 5.89. The van der Waals surface area contributed by atoms with Gasteiger partial charge >= 0.3 is 0 Å². The van der Waals surface area contributed by atoms with Crippen LogP contribution in [0.25, 0.3) is 11.5 Å². The molecule has 0 aliphatic heterocycles. The van der Waals surface area contributed by atoms with Crippen molar-refractivity contribution in [2.75, 3.05) is 13.1 Å². The second kappa shape index (κ2) is 6.68. The molecule has 0 saturated carbocycles. The molecule has 6 nitrogen and oxygen atoms in total. The summed E-state index contributed by atoms with van der Waals surface area (Å²) in [7, 11) is 0. The molecule has 116 valence electrons. The number of aromatic amines is 1. The maximum atomic E-state index is 12.9. The number of furan rings is 1. The van der Waals surface area contributed by atoms with Crippen LogP contribution in [0, 0.1) is 6.92 Å². The van der Waals surface area contributed by atoms with E-state index in [4.69, 9.17) is 10.2 Å². The predicted octanol–water partition coefficient (Wildman–Crippen LogP) is 1.72. The minimum absolute atomic E-state index is 0. The monoisotopic (exact) mass is 320 g/mol. The molecule has 2 aromatic rings. The van der Waals surface area contributed by atoms with Crippen molar-refractivity contribution in [1.82, 2.24) is 15.5 Å². The Morgan fingerprint density at radius 2 is 2.24 bits per heavy atom. The average molecular weight is 321 g/mol. The number of aryl methyl sites for hydroxylation is 1. The molecular weight excluding hydrogens is 306 g/mol. The van der Waals surface area contributed by atoms with Gasteiger partial charge in [-0.3, -0.25) is 9.89 Å². The molecule has 0 bridgehead atoms. The van der Waals surface area contributed by atoms with E-state index >= 15 is 0 Å². The van der Waals surface area contributed by atoms with E-state index in [-0.39, 0.29) is 18.1 Å². The fraction of sp³-hybridized carbons (Fsp3) is 0.333. The Morgan fingerprint density at radius 3 is 2.81 bits per heavy atom. The molecule has 0 atom stereocenters. The lowest BCUT2D eigenvalue weighted by Gasteiger charge is -2.13. The summed E-state index contributed by atoms with van der Waals surface area (Å²) in [6.07, 6.45) is 0. The van der Waals surface area contributed by atoms with Crippen LogP contribution in [0.5, 0.6) is 0 Å². The number of nitrogens with two attached hydrogens (primary N) is 1. The highest BCUT2D eigenvalue weighted by atomic mass is 35.5. The third-order valence-electron chi connectivity index (χ3n) is 2.62. The van der Waals surface area contributed by atoms with Crippen LogP contribution in [0.1, 0.15) is 16.2 Å². The van der Waals surface area contributed by atoms with Crippen molar-refractivity contribution in [3.63, 3.8) is 0 Å². The van der Waals surface area contributed by atoms with Gasteiger partial charge in [0.2, 0.25) is 0 Å². The molecule has 0 unspecified atom stereocenters. The quantitative estimate of drug-likeness (QED) is 0.781. The summed E-state index contributed by atoms with van der Waals surface area (Å²) in [5, 5.41) is 8.44. The standard InChI is InChI=1S/C12H14F2N4O2.ClH/c1-7-2-3-10(20-7)8-4-9(18-17-8)11(19)16-6-12(13,14)5-15;/h2-4H,5-6,15H2,1H3,(H,16,19)(H,17,18);1H. The van der Waals surface area contributed by atoms with Crippen molar-refractivity contribution in [3.8, 4) is 11.5 Å². The van der Waals surface area contributed by atoms with Crippen LogP contribution in [0.15, 0.2) is 22.6 Å². The second-order valence-corrected chi connectivity index (χ2v) is 4.32. The molecule has 0 aliphatic carbocycles. The lowest BCUT2D eigenvalue weighted by molar-refractivity contribution is 0.0118. The molecular formula is C12H15ClF2N4O2. The molecule has 2 heterocycles. The van der Waals surface area contributed by atoms with Crippen LogP contribution >= 0.6 is 12.4 Å². The van der Waals surface area contributed by atoms with Crippen molar-refractivity contribution in [2.24, 2.45) is 5.73 Å². The number of halogens is 3. The Bertz CT molecular complexity index is 612. The second-order valence-electron chi connectivity index (χ2n) is 4.32. The van der Waals surface area contributed by atoms with Gasteiger partial charge in [0.15, 0.2) is 11.5 Å². The van der Waals surface area contributed by atoms with Crippen molar-refractivity contribution in [1.29, 1.82) is 0 Å². The smallest absolute Gasteiger partial charge is 0.277 e. The van der Waals surface area contributed by atoms with Gasteiger partial charge in [-0.1, -0.05) is 0 Å². The van der Waals surface area contributed by atoms with E-state index in [1.165, 1.54) is 6.07 Å². The van der Waals surface area contributed by atoms with E-state index in [0.717, 1.165) is 0 Å². The van der Waals surface area contributed by atoms with Crippen molar-refractivity contribution in [2.45, 2.75) is 12.8 Å². The highest BCUT2D eigenvalue weighted by Crippen LogP contribution is 2.20. The molecule has 0 spiro atoms. The van der Waals surface area contributed by atoms with Gasteiger partial charge in [0, 0.05) is 6.07 Å². The fourth-order valence-corrected chi connectivity index (χ4v) is 1.52. The summed E-state index contributed by atoms with van der Waals surface area (Å²) in [4.78, 5) is 11.7. The zero-order valence-corrected chi connectivity index (χ0v) is 12.0. The Balaban J connectivity index is 0.00000220. The van der Waals surface area contributed by atoms with E-state index in [2.05, 4.69) is 15.5 Å². The number of nitrogens with zero attached hydrogens (tertiary/aromatic N) is 1. The van der Waals surface area contributed by atoms with Gasteiger partial charge in [-0.05, 0) is 19.1 Å². The number of rotatable bonds is 5. The van der Waals surface area contributed by atoms with E-state index in [1.807, 2.05) is 0 Å². The SMILES string of the molecule is Cc1ccc(-c2cc(C(=O)NCC(F)(F)CN)n[nH]2)o1.Cl. The lowest BCUT2D eigenvalue weighted by Crippen LogP contribution is -2.41. The van der Waals surface area contributed by atoms with Crippen LogP contribution in [0.3, 0.4) is 0 Å². The first-order valence-electron chi connectivity index (χ1n) is 5.89. The summed E-state index contributed by atoms with van der Waals surface area (Å²) < 4.78 is 31.2. The number of carbonyl (C=O) groups excluding carboxylic acids is 1. The highest BCUT2D eigenvalue weighted by Gasteiger charge is 2.27. The minimum atomic E-state index is -3.13. The van der Waals surface area contributed by atoms with Crippen LogP contribution in [0.4, 0.5) is 8.78 Å². The van der Waals surface area contributed by atoms with Crippen molar-refractivity contribution < 1.29 is 18.0 Å². The number of carbonyl (C=O) groups is 1. The Morgan fingerprint density at radius 1 is 1.52 bits per heavy atom. The Hall–Kier alpha value is -1.93. The van der Waals surface area contributed by atoms with Crippen LogP contribution < -0.4 is 11.1 Å². The molecule has 0 radical (unpaired) electrons. The third-order valence-corrected chi connectivity index (χ3v) is 2.62.